The summed E-state index contributed by atoms with van der Waals surface area (Å²) in [7, 11) is 1.47. The largest absolute Gasteiger partial charge is 0.358 e. The van der Waals surface area contributed by atoms with Crippen LogP contribution in [-0.2, 0) is 14.4 Å². The van der Waals surface area contributed by atoms with Gasteiger partial charge in [0.2, 0.25) is 17.7 Å². The topological polar surface area (TPSA) is 75.3 Å². The number of nitrogens with one attached hydrogen (secondary N) is 2. The van der Waals surface area contributed by atoms with Crippen molar-refractivity contribution in [1.29, 1.82) is 0 Å². The third kappa shape index (κ3) is 0.625. The van der Waals surface area contributed by atoms with Gasteiger partial charge in [-0.15, -0.1) is 0 Å². The van der Waals surface area contributed by atoms with Crippen molar-refractivity contribution >= 4 is 17.7 Å². The Balaban J connectivity index is 2.49. The van der Waals surface area contributed by atoms with Gasteiger partial charge in [-0.05, 0) is 0 Å². The molecule has 2 rings (SSSR count). The van der Waals surface area contributed by atoms with Crippen LogP contribution in [0.15, 0.2) is 0 Å². The molecule has 2 fully saturated rings. The third-order valence-corrected chi connectivity index (χ3v) is 3.53. The molecule has 1 aliphatic carbocycles. The first-order valence-corrected chi connectivity index (χ1v) is 4.48. The Labute approximate surface area is 81.2 Å². The second-order valence-electron chi connectivity index (χ2n) is 4.36. The second-order valence-corrected chi connectivity index (χ2v) is 4.36. The maximum atomic E-state index is 11.6. The molecule has 1 saturated heterocycles. The molecule has 1 saturated carbocycles. The van der Waals surface area contributed by atoms with Crippen LogP contribution in [0.25, 0.3) is 0 Å². The highest BCUT2D eigenvalue weighted by Crippen LogP contribution is 2.71. The van der Waals surface area contributed by atoms with E-state index >= 15 is 0 Å². The van der Waals surface area contributed by atoms with E-state index in [-0.39, 0.29) is 11.8 Å². The highest BCUT2D eigenvalue weighted by Gasteiger charge is 2.85. The van der Waals surface area contributed by atoms with Gasteiger partial charge < -0.3 is 5.32 Å². The van der Waals surface area contributed by atoms with Gasteiger partial charge in [0.15, 0.2) is 0 Å². The monoisotopic (exact) mass is 196 g/mol. The highest BCUT2D eigenvalue weighted by molar-refractivity contribution is 6.24. The summed E-state index contributed by atoms with van der Waals surface area (Å²) in [5, 5.41) is 4.63. The van der Waals surface area contributed by atoms with Crippen molar-refractivity contribution in [3.05, 3.63) is 0 Å². The molecule has 0 aromatic carbocycles. The lowest BCUT2D eigenvalue weighted by Crippen LogP contribution is -2.42. The lowest BCUT2D eigenvalue weighted by molar-refractivity contribution is -0.137. The molecule has 2 unspecified atom stereocenters. The molecular formula is C9H12N2O3. The van der Waals surface area contributed by atoms with Crippen molar-refractivity contribution in [3.8, 4) is 0 Å². The number of hydrogen-bond acceptors (Lipinski definition) is 3. The van der Waals surface area contributed by atoms with Gasteiger partial charge in [0.1, 0.15) is 5.41 Å². The molecule has 2 aliphatic rings. The van der Waals surface area contributed by atoms with Crippen molar-refractivity contribution in [2.24, 2.45) is 16.7 Å². The minimum Gasteiger partial charge on any atom is -0.358 e. The predicted octanol–water partition coefficient (Wildman–Crippen LogP) is -0.969. The van der Waals surface area contributed by atoms with Gasteiger partial charge in [0.05, 0.1) is 5.92 Å². The number of imide groups is 1. The molecule has 14 heavy (non-hydrogen) atoms. The van der Waals surface area contributed by atoms with E-state index < -0.39 is 22.7 Å². The fourth-order valence-corrected chi connectivity index (χ4v) is 2.72. The van der Waals surface area contributed by atoms with E-state index in [4.69, 9.17) is 0 Å². The Morgan fingerprint density at radius 1 is 1.43 bits per heavy atom. The van der Waals surface area contributed by atoms with E-state index in [1.165, 1.54) is 7.05 Å². The number of carbonyl (C=O) groups excluding carboxylic acids is 3. The molecule has 1 aliphatic heterocycles. The molecule has 3 amide bonds. The number of carbonyl (C=O) groups is 3. The first kappa shape index (κ1) is 9.18. The Morgan fingerprint density at radius 3 is 2.36 bits per heavy atom. The molecule has 0 aromatic heterocycles. The number of rotatable bonds is 1. The lowest BCUT2D eigenvalue weighted by atomic mass is 9.94. The van der Waals surface area contributed by atoms with E-state index in [0.29, 0.717) is 0 Å². The van der Waals surface area contributed by atoms with Gasteiger partial charge in [0.25, 0.3) is 0 Å². The van der Waals surface area contributed by atoms with Gasteiger partial charge in [-0.25, -0.2) is 0 Å². The van der Waals surface area contributed by atoms with Crippen molar-refractivity contribution in [3.63, 3.8) is 0 Å². The summed E-state index contributed by atoms with van der Waals surface area (Å²) >= 11 is 0. The summed E-state index contributed by atoms with van der Waals surface area (Å²) in [5.74, 6) is -1.65. The maximum absolute atomic E-state index is 11.6. The first-order chi connectivity index (χ1) is 6.40. The summed E-state index contributed by atoms with van der Waals surface area (Å²) in [6.45, 7) is 3.53. The summed E-state index contributed by atoms with van der Waals surface area (Å²) < 4.78 is 0. The lowest BCUT2D eigenvalue weighted by Gasteiger charge is -2.15. The Kier molecular flexibility index (Phi) is 1.41. The molecule has 0 bridgehead atoms. The van der Waals surface area contributed by atoms with Gasteiger partial charge >= 0.3 is 0 Å². The minimum atomic E-state index is -1.15. The molecule has 2 atom stereocenters. The average molecular weight is 196 g/mol. The van der Waals surface area contributed by atoms with E-state index in [2.05, 4.69) is 10.6 Å². The van der Waals surface area contributed by atoms with Gasteiger partial charge in [-0.1, -0.05) is 13.8 Å². The van der Waals surface area contributed by atoms with E-state index in [0.717, 1.165) is 0 Å². The zero-order valence-electron chi connectivity index (χ0n) is 8.30. The fraction of sp³-hybridized carbons (Fsp3) is 0.667. The van der Waals surface area contributed by atoms with Crippen LogP contribution >= 0.6 is 0 Å². The van der Waals surface area contributed by atoms with Gasteiger partial charge in [0, 0.05) is 12.5 Å². The van der Waals surface area contributed by atoms with E-state index in [1.807, 2.05) is 0 Å². The number of fused-ring (bicyclic) bond motifs is 1. The predicted molar refractivity (Wildman–Crippen MR) is 46.9 cm³/mol. The van der Waals surface area contributed by atoms with Crippen LogP contribution in [0.3, 0.4) is 0 Å². The van der Waals surface area contributed by atoms with Crippen LogP contribution < -0.4 is 10.6 Å². The zero-order valence-corrected chi connectivity index (χ0v) is 8.30. The average Bonchev–Trinajstić information content (AvgIpc) is 2.47. The van der Waals surface area contributed by atoms with Crippen LogP contribution in [0.1, 0.15) is 13.8 Å². The molecule has 0 aromatic rings. The molecule has 5 nitrogen and oxygen atoms in total. The zero-order chi connectivity index (χ0) is 10.7. The first-order valence-electron chi connectivity index (χ1n) is 4.48. The number of amides is 3. The quantitative estimate of drug-likeness (QED) is 0.418. The Hall–Kier alpha value is -1.39. The second kappa shape index (κ2) is 2.16. The summed E-state index contributed by atoms with van der Waals surface area (Å²) in [4.78, 5) is 34.6. The van der Waals surface area contributed by atoms with Crippen molar-refractivity contribution < 1.29 is 14.4 Å². The molecule has 0 radical (unpaired) electrons. The van der Waals surface area contributed by atoms with Crippen LogP contribution in [0, 0.1) is 16.7 Å². The van der Waals surface area contributed by atoms with E-state index in [9.17, 15) is 14.4 Å². The van der Waals surface area contributed by atoms with Crippen LogP contribution in [0.4, 0.5) is 0 Å². The Morgan fingerprint density at radius 2 is 2.00 bits per heavy atom. The summed E-state index contributed by atoms with van der Waals surface area (Å²) in [5.41, 5.74) is -1.70. The van der Waals surface area contributed by atoms with Gasteiger partial charge in [-0.2, -0.15) is 0 Å². The summed E-state index contributed by atoms with van der Waals surface area (Å²) in [6, 6.07) is 0. The van der Waals surface area contributed by atoms with Crippen molar-refractivity contribution in [1.82, 2.24) is 10.6 Å². The van der Waals surface area contributed by atoms with Crippen LogP contribution in [0.2, 0.25) is 0 Å². The fourth-order valence-electron chi connectivity index (χ4n) is 2.72. The standard InChI is InChI=1S/C9H12N2O3/c1-8(2)4-5(12)11-7(14)9(4,8)6(13)10-3/h4H,1-3H3,(H,10,13)(H,11,12,14). The molecule has 0 spiro atoms. The maximum Gasteiger partial charge on any atom is 0.243 e. The van der Waals surface area contributed by atoms with Crippen LogP contribution in [-0.4, -0.2) is 24.8 Å². The molecule has 2 N–H and O–H groups in total. The molecule has 76 valence electrons. The number of hydrogen-bond donors (Lipinski definition) is 2. The smallest absolute Gasteiger partial charge is 0.243 e. The highest BCUT2D eigenvalue weighted by atomic mass is 16.2. The normalized spacial score (nSPS) is 37.5. The van der Waals surface area contributed by atoms with E-state index in [1.54, 1.807) is 13.8 Å². The SMILES string of the molecule is CNC(=O)C12C(=O)NC(=O)C1C2(C)C. The van der Waals surface area contributed by atoms with Crippen LogP contribution in [0.5, 0.6) is 0 Å². The van der Waals surface area contributed by atoms with Gasteiger partial charge in [-0.3, -0.25) is 19.7 Å². The summed E-state index contributed by atoms with van der Waals surface area (Å²) in [6.07, 6.45) is 0. The van der Waals surface area contributed by atoms with Crippen molar-refractivity contribution in [2.45, 2.75) is 13.8 Å². The molecule has 5 heteroatoms. The molecule has 1 heterocycles. The minimum absolute atomic E-state index is 0.330. The molecular weight excluding hydrogens is 184 g/mol. The van der Waals surface area contributed by atoms with Crippen molar-refractivity contribution in [2.75, 3.05) is 7.05 Å². The third-order valence-electron chi connectivity index (χ3n) is 3.53. The Bertz CT molecular complexity index is 361. The number of piperidine rings is 1.